The molecule has 2 aliphatic heterocycles. The molecule has 0 saturated carbocycles. The first kappa shape index (κ1) is 40.0. The zero-order valence-electron chi connectivity index (χ0n) is 28.6. The topological polar surface area (TPSA) is 338 Å². The molecule has 13 N–H and O–H groups in total. The number of benzene rings is 3. The number of ether oxygens (including phenoxy) is 5. The molecule has 10 unspecified atom stereocenters. The summed E-state index contributed by atoms with van der Waals surface area (Å²) < 4.78 is 34.0. The first-order valence-electron chi connectivity index (χ1n) is 16.7. The Labute approximate surface area is 314 Å². The second-order valence-electron chi connectivity index (χ2n) is 12.8. The molecule has 4 aromatic rings. The van der Waals surface area contributed by atoms with E-state index in [9.17, 15) is 71.2 Å². The van der Waals surface area contributed by atoms with Crippen LogP contribution < -0.4 is 9.47 Å². The van der Waals surface area contributed by atoms with Gasteiger partial charge in [0.05, 0.1) is 18.2 Å². The zero-order valence-corrected chi connectivity index (χ0v) is 28.6. The Morgan fingerprint density at radius 3 is 1.91 bits per heavy atom. The number of aliphatic hydroxyl groups excluding tert-OH is 7. The lowest BCUT2D eigenvalue weighted by molar-refractivity contribution is -0.278. The van der Waals surface area contributed by atoms with E-state index in [0.29, 0.717) is 5.56 Å². The van der Waals surface area contributed by atoms with Crippen LogP contribution in [0.5, 0.6) is 46.0 Å². The lowest BCUT2D eigenvalue weighted by Crippen LogP contribution is -2.60. The van der Waals surface area contributed by atoms with E-state index in [4.69, 9.17) is 28.1 Å². The lowest BCUT2D eigenvalue weighted by atomic mass is 9.99. The van der Waals surface area contributed by atoms with Crippen LogP contribution in [0.4, 0.5) is 0 Å². The van der Waals surface area contributed by atoms with Crippen molar-refractivity contribution in [1.29, 1.82) is 0 Å². The van der Waals surface area contributed by atoms with Gasteiger partial charge in [-0.3, -0.25) is 0 Å². The van der Waals surface area contributed by atoms with Gasteiger partial charge in [-0.2, -0.15) is 0 Å². The van der Waals surface area contributed by atoms with Gasteiger partial charge in [0, 0.05) is 30.3 Å². The lowest BCUT2D eigenvalue weighted by Gasteiger charge is -2.39. The van der Waals surface area contributed by atoms with Crippen molar-refractivity contribution in [2.75, 3.05) is 13.2 Å². The fourth-order valence-electron chi connectivity index (χ4n) is 5.88. The molecule has 10 atom stereocenters. The highest BCUT2D eigenvalue weighted by molar-refractivity contribution is 5.89. The van der Waals surface area contributed by atoms with E-state index in [1.807, 2.05) is 0 Å². The highest BCUT2D eigenvalue weighted by Gasteiger charge is 2.47. The molecule has 6 rings (SSSR count). The summed E-state index contributed by atoms with van der Waals surface area (Å²) in [7, 11) is 0. The van der Waals surface area contributed by atoms with Crippen molar-refractivity contribution in [1.82, 2.24) is 0 Å². The smallest absolute Gasteiger partial charge is 0.402 e. The summed E-state index contributed by atoms with van der Waals surface area (Å²) in [6.45, 7) is -1.47. The summed E-state index contributed by atoms with van der Waals surface area (Å²) >= 11 is 0. The summed E-state index contributed by atoms with van der Waals surface area (Å²) in [5.74, 6) is -5.83. The largest absolute Gasteiger partial charge is 0.507 e. The van der Waals surface area contributed by atoms with Gasteiger partial charge in [0.1, 0.15) is 72.3 Å². The van der Waals surface area contributed by atoms with Crippen LogP contribution in [0.3, 0.4) is 0 Å². The van der Waals surface area contributed by atoms with Crippen molar-refractivity contribution in [3.63, 3.8) is 0 Å². The Bertz CT molecular complexity index is 2080. The van der Waals surface area contributed by atoms with Gasteiger partial charge in [0.2, 0.25) is 18.3 Å². The van der Waals surface area contributed by atoms with Gasteiger partial charge in [-0.15, -0.1) is 0 Å². The third-order valence-corrected chi connectivity index (χ3v) is 8.94. The van der Waals surface area contributed by atoms with Crippen LogP contribution in [0, 0.1) is 0 Å². The Morgan fingerprint density at radius 1 is 0.679 bits per heavy atom. The zero-order chi connectivity index (χ0) is 40.6. The van der Waals surface area contributed by atoms with Gasteiger partial charge >= 0.3 is 17.3 Å². The van der Waals surface area contributed by atoms with Crippen LogP contribution in [0.2, 0.25) is 0 Å². The highest BCUT2D eigenvalue weighted by Crippen LogP contribution is 2.45. The molecule has 2 fully saturated rings. The van der Waals surface area contributed by atoms with Crippen molar-refractivity contribution in [3.8, 4) is 57.3 Å². The molecule has 20 nitrogen and oxygen atoms in total. The SMILES string of the molecule is O=C(C=Cc1ccc(O)c(O)c1)OCC1OC(Oc2cc3c(OC4OC(CO)C(O)C(O)C4O)cc(O)cc3[o+]c2-c2cc(O)c(O)c(O)c2)C(O)C(O)C1O. The maximum Gasteiger partial charge on any atom is 0.402 e. The van der Waals surface area contributed by atoms with Crippen molar-refractivity contribution in [2.24, 2.45) is 0 Å². The quantitative estimate of drug-likeness (QED) is 0.0406. The van der Waals surface area contributed by atoms with Crippen LogP contribution >= 0.6 is 0 Å². The van der Waals surface area contributed by atoms with Crippen molar-refractivity contribution >= 4 is 23.0 Å². The van der Waals surface area contributed by atoms with E-state index < -0.39 is 115 Å². The van der Waals surface area contributed by atoms with Crippen LogP contribution in [-0.4, -0.2) is 147 Å². The van der Waals surface area contributed by atoms with E-state index in [-0.39, 0.29) is 33.8 Å². The molecule has 0 aliphatic carbocycles. The summed E-state index contributed by atoms with van der Waals surface area (Å²) in [4.78, 5) is 12.5. The molecule has 1 aromatic heterocycles. The number of hydrogen-bond acceptors (Lipinski definition) is 19. The van der Waals surface area contributed by atoms with E-state index >= 15 is 0 Å². The molecule has 3 aromatic carbocycles. The van der Waals surface area contributed by atoms with Crippen LogP contribution in [-0.2, 0) is 19.0 Å². The molecule has 0 spiro atoms. The Balaban J connectivity index is 1.33. The van der Waals surface area contributed by atoms with Crippen molar-refractivity contribution < 1.29 is 99.3 Å². The number of rotatable bonds is 10. The maximum atomic E-state index is 12.5. The molecule has 56 heavy (non-hydrogen) atoms. The molecule has 20 heteroatoms. The van der Waals surface area contributed by atoms with Gasteiger partial charge in [0.15, 0.2) is 28.7 Å². The average molecular weight is 790 g/mol. The third-order valence-electron chi connectivity index (χ3n) is 8.94. The van der Waals surface area contributed by atoms with Gasteiger partial charge in [0.25, 0.3) is 0 Å². The molecule has 3 heterocycles. The number of esters is 1. The molecule has 2 aliphatic rings. The molecule has 2 saturated heterocycles. The number of phenolic OH excluding ortho intramolecular Hbond substituents is 6. The summed E-state index contributed by atoms with van der Waals surface area (Å²) in [6, 6.07) is 8.97. The van der Waals surface area contributed by atoms with Gasteiger partial charge in [-0.05, 0) is 23.8 Å². The maximum absolute atomic E-state index is 12.5. The van der Waals surface area contributed by atoms with E-state index in [1.165, 1.54) is 30.3 Å². The fraction of sp³-hybridized carbons (Fsp3) is 0.333. The van der Waals surface area contributed by atoms with Crippen LogP contribution in [0.15, 0.2) is 59.0 Å². The molecule has 0 radical (unpaired) electrons. The Kier molecular flexibility index (Phi) is 11.6. The predicted molar refractivity (Wildman–Crippen MR) is 184 cm³/mol. The molecule has 300 valence electrons. The van der Waals surface area contributed by atoms with Gasteiger partial charge in [-0.1, -0.05) is 6.07 Å². The van der Waals surface area contributed by atoms with E-state index in [2.05, 4.69) is 0 Å². The molecule has 0 amide bonds. The van der Waals surface area contributed by atoms with Gasteiger partial charge < -0.3 is 90.1 Å². The first-order valence-corrected chi connectivity index (χ1v) is 16.7. The number of phenols is 6. The first-order chi connectivity index (χ1) is 26.6. The molecular weight excluding hydrogens is 752 g/mol. The summed E-state index contributed by atoms with van der Waals surface area (Å²) in [5, 5.41) is 133. The fourth-order valence-corrected chi connectivity index (χ4v) is 5.88. The number of carbonyl (C=O) groups is 1. The summed E-state index contributed by atoms with van der Waals surface area (Å²) in [6.07, 6.45) is -15.5. The number of aliphatic hydroxyl groups is 7. The normalized spacial score (nSPS) is 28.0. The summed E-state index contributed by atoms with van der Waals surface area (Å²) in [5.41, 5.74) is -0.0403. The van der Waals surface area contributed by atoms with E-state index in [0.717, 1.165) is 30.3 Å². The molecular formula is C36H37O20+. The molecule has 0 bridgehead atoms. The number of hydrogen-bond donors (Lipinski definition) is 13. The van der Waals surface area contributed by atoms with Crippen molar-refractivity contribution in [3.05, 3.63) is 60.2 Å². The minimum Gasteiger partial charge on any atom is -0.507 e. The monoisotopic (exact) mass is 789 g/mol. The van der Waals surface area contributed by atoms with Gasteiger partial charge in [-0.25, -0.2) is 9.21 Å². The average Bonchev–Trinajstić information content (AvgIpc) is 3.16. The standard InChI is InChI=1S/C36H36O20/c37-11-24-28(45)30(47)32(49)35(55-24)53-22-9-15(38)8-21-16(22)10-23(34(52-21)14-6-19(41)27(44)20(42)7-14)54-36-33(50)31(48)29(46)25(56-36)12-51-26(43)4-2-13-1-3-17(39)18(40)5-13/h1-10,24-25,28-33,35-37,45-50H,11-12H2,(H5-,38,39,40,41,42,43,44)/p+1. The number of aromatic hydroxyl groups is 6. The third kappa shape index (κ3) is 8.14. The van der Waals surface area contributed by atoms with E-state index in [1.54, 1.807) is 0 Å². The minimum absolute atomic E-state index is 0.0733. The van der Waals surface area contributed by atoms with Crippen LogP contribution in [0.25, 0.3) is 28.4 Å². The number of fused-ring (bicyclic) bond motifs is 1. The Hall–Kier alpha value is -5.68. The predicted octanol–water partition coefficient (Wildman–Crippen LogP) is -0.764. The van der Waals surface area contributed by atoms with Crippen molar-refractivity contribution in [2.45, 2.75) is 61.4 Å². The minimum atomic E-state index is -1.99. The highest BCUT2D eigenvalue weighted by atomic mass is 16.7. The Morgan fingerprint density at radius 2 is 1.29 bits per heavy atom. The second-order valence-corrected chi connectivity index (χ2v) is 12.8. The number of carbonyl (C=O) groups excluding carboxylic acids is 1. The second kappa shape index (κ2) is 16.2. The van der Waals surface area contributed by atoms with Crippen LogP contribution in [0.1, 0.15) is 5.56 Å².